The van der Waals surface area contributed by atoms with Crippen LogP contribution < -0.4 is 0 Å². The van der Waals surface area contributed by atoms with Crippen LogP contribution in [0.25, 0.3) is 66.8 Å². The Morgan fingerprint density at radius 2 is 0.544 bits per heavy atom. The fourth-order valence-electron chi connectivity index (χ4n) is 26.6. The maximum absolute atomic E-state index is 12.8. The topological polar surface area (TPSA) is 193 Å². The molecule has 4 heterocycles. The zero-order chi connectivity index (χ0) is 103. The van der Waals surface area contributed by atoms with Crippen molar-refractivity contribution in [3.63, 3.8) is 0 Å². The fraction of sp³-hybridized carbons (Fsp3) is 0.269. The van der Waals surface area contributed by atoms with Gasteiger partial charge in [0.2, 0.25) is 5.60 Å². The lowest BCUT2D eigenvalue weighted by atomic mass is 9.71. The lowest BCUT2D eigenvalue weighted by Gasteiger charge is -2.41. The summed E-state index contributed by atoms with van der Waals surface area (Å²) in [5.41, 5.74) is 24.8. The molecule has 2 saturated heterocycles. The summed E-state index contributed by atoms with van der Waals surface area (Å²) in [6, 6.07) is 104. The van der Waals surface area contributed by atoms with Gasteiger partial charge in [-0.1, -0.05) is 369 Å². The molecule has 0 radical (unpaired) electrons. The largest absolute Gasteiger partial charge is 0.472 e. The van der Waals surface area contributed by atoms with E-state index in [-0.39, 0.29) is 42.0 Å². The smallest absolute Gasteiger partial charge is 0.334 e. The first kappa shape index (κ1) is 99.4. The molecule has 6 fully saturated rings. The van der Waals surface area contributed by atoms with Gasteiger partial charge in [-0.05, 0) is 203 Å². The number of rotatable bonds is 18. The van der Waals surface area contributed by atoms with Crippen molar-refractivity contribution in [3.05, 3.63) is 479 Å². The van der Waals surface area contributed by atoms with Gasteiger partial charge in [-0.2, -0.15) is 0 Å². The maximum Gasteiger partial charge on any atom is 0.334 e. The molecule has 14 aromatic rings. The Balaban J connectivity index is 0.000000105. The van der Waals surface area contributed by atoms with Gasteiger partial charge >= 0.3 is 35.8 Å². The summed E-state index contributed by atoms with van der Waals surface area (Å²) in [7, 11) is 0. The van der Waals surface area contributed by atoms with Crippen molar-refractivity contribution < 1.29 is 70.8 Å². The average molecular weight is 1970 g/mol. The Morgan fingerprint density at radius 3 is 0.819 bits per heavy atom. The number of fused-ring (bicyclic) bond motifs is 22. The maximum atomic E-state index is 12.8. The first-order valence-corrected chi connectivity index (χ1v) is 52.5. The molecule has 4 saturated carbocycles. The van der Waals surface area contributed by atoms with Crippen LogP contribution in [0, 0.1) is 35.5 Å². The predicted octanol–water partition coefficient (Wildman–Crippen LogP) is 30.2. The van der Waals surface area contributed by atoms with Gasteiger partial charge in [0, 0.05) is 129 Å². The lowest BCUT2D eigenvalue weighted by molar-refractivity contribution is -0.160. The molecule has 2 aliphatic heterocycles. The van der Waals surface area contributed by atoms with E-state index >= 15 is 0 Å². The summed E-state index contributed by atoms with van der Waals surface area (Å²) < 4.78 is 54.6. The van der Waals surface area contributed by atoms with Crippen LogP contribution in [-0.2, 0) is 95.5 Å². The van der Waals surface area contributed by atoms with Crippen LogP contribution in [0.2, 0.25) is 0 Å². The summed E-state index contributed by atoms with van der Waals surface area (Å²) in [5.74, 6) is 1.05. The third-order valence-corrected chi connectivity index (χ3v) is 33.0. The highest BCUT2D eigenvalue weighted by Crippen LogP contribution is 2.66. The zero-order valence-corrected chi connectivity index (χ0v) is 85.5. The number of carbonyl (C=O) groups excluding carboxylic acids is 6. The van der Waals surface area contributed by atoms with E-state index in [0.717, 1.165) is 163 Å². The van der Waals surface area contributed by atoms with E-state index in [1.165, 1.54) is 84.7 Å². The number of ether oxygens (including phenoxy) is 7. The molecule has 2 aromatic heterocycles. The summed E-state index contributed by atoms with van der Waals surface area (Å²) in [6.07, 6.45) is 23.7. The van der Waals surface area contributed by atoms with E-state index < -0.39 is 45.5 Å². The number of benzene rings is 12. The van der Waals surface area contributed by atoms with Crippen LogP contribution in [0.5, 0.6) is 0 Å². The molecule has 6 atom stereocenters. The molecule has 0 N–H and O–H groups in total. The second-order valence-corrected chi connectivity index (χ2v) is 42.2. The zero-order valence-electron chi connectivity index (χ0n) is 85.5. The molecule has 10 aliphatic carbocycles. The van der Waals surface area contributed by atoms with Gasteiger partial charge in [0.05, 0.1) is 31.0 Å². The van der Waals surface area contributed by atoms with Crippen molar-refractivity contribution in [2.45, 2.75) is 190 Å². The van der Waals surface area contributed by atoms with E-state index in [0.29, 0.717) is 62.9 Å². The molecule has 12 aromatic carbocycles. The highest BCUT2D eigenvalue weighted by molar-refractivity contribution is 5.96. The van der Waals surface area contributed by atoms with Gasteiger partial charge in [0.15, 0.2) is 33.8 Å². The summed E-state index contributed by atoms with van der Waals surface area (Å²) in [5, 5.41) is 0. The number of hydrogen-bond donors (Lipinski definition) is 0. The molecule has 0 spiro atoms. The van der Waals surface area contributed by atoms with Crippen molar-refractivity contribution in [2.24, 2.45) is 35.5 Å². The Hall–Kier alpha value is -15.6. The predicted molar refractivity (Wildman–Crippen MR) is 580 cm³/mol. The first-order chi connectivity index (χ1) is 72.3. The summed E-state index contributed by atoms with van der Waals surface area (Å²) in [4.78, 5) is 75.6. The minimum atomic E-state index is -1.09. The van der Waals surface area contributed by atoms with Gasteiger partial charge in [0.25, 0.3) is 0 Å². The van der Waals surface area contributed by atoms with Crippen molar-refractivity contribution in [3.8, 4) is 66.8 Å². The molecular weight excluding hydrogens is 1850 g/mol. The molecule has 4 bridgehead atoms. The summed E-state index contributed by atoms with van der Waals surface area (Å²) in [6.45, 7) is 32.9. The average Bonchev–Trinajstić information content (AvgIpc) is 1.53. The van der Waals surface area contributed by atoms with Gasteiger partial charge in [0.1, 0.15) is 0 Å². The Labute approximate surface area is 872 Å². The minimum Gasteiger partial charge on any atom is -0.472 e. The Bertz CT molecular complexity index is 7070. The number of hydrogen-bond acceptors (Lipinski definition) is 15. The van der Waals surface area contributed by atoms with Crippen molar-refractivity contribution in [2.75, 3.05) is 0 Å². The van der Waals surface area contributed by atoms with Crippen LogP contribution in [0.3, 0.4) is 0 Å². The van der Waals surface area contributed by atoms with Crippen molar-refractivity contribution in [1.29, 1.82) is 0 Å². The van der Waals surface area contributed by atoms with Gasteiger partial charge in [-0.15, -0.1) is 0 Å². The van der Waals surface area contributed by atoms with E-state index in [1.807, 2.05) is 146 Å². The lowest BCUT2D eigenvalue weighted by Crippen LogP contribution is -2.44. The molecule has 750 valence electrons. The minimum absolute atomic E-state index is 0.134. The summed E-state index contributed by atoms with van der Waals surface area (Å²) >= 11 is 0. The highest BCUT2D eigenvalue weighted by atomic mass is 16.6. The highest BCUT2D eigenvalue weighted by Gasteiger charge is 2.63. The molecule has 0 amide bonds. The third-order valence-electron chi connectivity index (χ3n) is 33.0. The van der Waals surface area contributed by atoms with Crippen molar-refractivity contribution in [1.82, 2.24) is 0 Å². The third kappa shape index (κ3) is 16.9. The number of furan rings is 2. The SMILES string of the molecule is C=C(C)C(=O)OC1(C2CC3CCC2C3)c2ccccc2-c2ccccc21.C=C(C)C(=O)OC1(C2CC3CCC2O3)c2ccccc2-c2ccccc21.C=C(C)C(=O)OC1(C2CCCC2)c2ccccc2-c2ccccc21.C=C(C)C(=O)OC1(C2CCCCC2)c2ccccc2-c2ccccc21.C=C(C)C(=O)OC1(c2ccco2)c2ccccc2-c2ccccc21.C=C(C)C(=O)OC1(c2ccoc2)c2ccccc2-c2ccccc21. The van der Waals surface area contributed by atoms with Crippen LogP contribution in [0.4, 0.5) is 0 Å². The quantitative estimate of drug-likeness (QED) is 0.0447. The molecule has 15 heteroatoms. The normalized spacial score (nSPS) is 19.9. The van der Waals surface area contributed by atoms with Gasteiger partial charge in [-0.3, -0.25) is 0 Å². The molecule has 149 heavy (non-hydrogen) atoms. The molecular formula is C134H124O15. The molecule has 6 unspecified atom stereocenters. The molecule has 12 aliphatic rings. The Morgan fingerprint density at radius 1 is 0.262 bits per heavy atom. The monoisotopic (exact) mass is 1970 g/mol. The van der Waals surface area contributed by atoms with Crippen LogP contribution in [0.15, 0.2) is 410 Å². The second-order valence-electron chi connectivity index (χ2n) is 42.2. The van der Waals surface area contributed by atoms with E-state index in [2.05, 4.69) is 197 Å². The second kappa shape index (κ2) is 40.6. The molecule has 15 nitrogen and oxygen atoms in total. The van der Waals surface area contributed by atoms with Crippen molar-refractivity contribution >= 4 is 35.8 Å². The van der Waals surface area contributed by atoms with E-state index in [9.17, 15) is 28.8 Å². The van der Waals surface area contributed by atoms with Crippen LogP contribution in [-0.4, -0.2) is 48.0 Å². The number of esters is 6. The van der Waals surface area contributed by atoms with Crippen LogP contribution in [0.1, 0.15) is 222 Å². The van der Waals surface area contributed by atoms with Crippen LogP contribution >= 0.6 is 0 Å². The van der Waals surface area contributed by atoms with Gasteiger partial charge in [-0.25, -0.2) is 28.8 Å². The van der Waals surface area contributed by atoms with E-state index in [1.54, 1.807) is 66.4 Å². The van der Waals surface area contributed by atoms with E-state index in [4.69, 9.17) is 42.0 Å². The standard InChI is InChI=1S/C24H24O2.C23H22O3.C23H24O2.C22H22O2.2C21H16O3/c1-15(2)23(25)26-24(22-14-16-11-12-17(22)13-16)20-9-5-3-7-18(20)19-8-4-6-10-21(19)24;1-14(2)22(24)26-23(20-13-15-11-12-21(20)25-15)18-9-5-3-7-16(18)17-8-4-6-10-19(17)23;1-16(2)22(24)25-23(17-10-4-3-5-11-17)20-14-8-6-12-18(20)19-13-7-9-15-21(19)23;1-15(2)21(23)24-22(16-9-3-4-10-16)19-13-7-5-11-17(19)18-12-6-8-14-20(18)22;1-14(2)20(22)24-21(19-12-7-13-23-19)17-10-5-3-8-15(17)16-9-4-6-11-18(16)21;1-14(2)20(22)24-21(15-11-12-23-13-15)18-9-5-3-7-16(18)17-8-4-6-10-19(17)21/h3-10,16-17,22H,1,11-14H2,2H3;3-10,15,20-21H,1,11-13H2,2H3;6-9,12-15,17H,1,3-5,10-11H2,2H3;5-8,11-14,16H,1,3-4,9-10H2,2H3;2*3-13H,1H2,2H3. The first-order valence-electron chi connectivity index (χ1n) is 52.5. The molecule has 26 rings (SSSR count). The Kier molecular flexibility index (Phi) is 27.1. The number of carbonyl (C=O) groups is 6. The fourth-order valence-corrected chi connectivity index (χ4v) is 26.6. The van der Waals surface area contributed by atoms with Gasteiger partial charge < -0.3 is 42.0 Å².